The molecule has 6 nitrogen and oxygen atoms in total. The summed E-state index contributed by atoms with van der Waals surface area (Å²) in [6.07, 6.45) is 0. The number of anilines is 2. The Kier molecular flexibility index (Phi) is 5.11. The Morgan fingerprint density at radius 1 is 1.30 bits per heavy atom. The number of nitrogens with zero attached hydrogens (tertiary/aromatic N) is 3. The summed E-state index contributed by atoms with van der Waals surface area (Å²) in [7, 11) is 0. The molecule has 0 spiro atoms. The highest BCUT2D eigenvalue weighted by atomic mass is 35.5. The summed E-state index contributed by atoms with van der Waals surface area (Å²) >= 11 is 9.78. The first-order valence-electron chi connectivity index (χ1n) is 6.33. The standard InChI is InChI=1S/C13H10ClN5OS3/c14-8-3-1-7(2-4-8)9-5-21-12(16-9)17-10(20)6-22-13-19-18-11(15)23-13/h1-5H,6H2,(H2,15,18)(H,16,17,20). The first kappa shape index (κ1) is 16.2. The summed E-state index contributed by atoms with van der Waals surface area (Å²) in [6.45, 7) is 0. The number of nitrogens with two attached hydrogens (primary N) is 1. The van der Waals surface area contributed by atoms with Crippen LogP contribution >= 0.6 is 46.0 Å². The van der Waals surface area contributed by atoms with Crippen molar-refractivity contribution in [3.63, 3.8) is 0 Å². The smallest absolute Gasteiger partial charge is 0.236 e. The largest absolute Gasteiger partial charge is 0.374 e. The van der Waals surface area contributed by atoms with Gasteiger partial charge in [-0.05, 0) is 12.1 Å². The number of hydrogen-bond acceptors (Lipinski definition) is 8. The van der Waals surface area contributed by atoms with Gasteiger partial charge in [-0.2, -0.15) is 0 Å². The fourth-order valence-corrected chi connectivity index (χ4v) is 3.94. The number of hydrogen-bond donors (Lipinski definition) is 2. The molecule has 3 rings (SSSR count). The third-order valence-corrected chi connectivity index (χ3v) is 5.53. The van der Waals surface area contributed by atoms with E-state index in [1.807, 2.05) is 17.5 Å². The van der Waals surface area contributed by atoms with Crippen LogP contribution in [0.1, 0.15) is 0 Å². The van der Waals surface area contributed by atoms with Gasteiger partial charge in [0.1, 0.15) is 0 Å². The van der Waals surface area contributed by atoms with E-state index >= 15 is 0 Å². The van der Waals surface area contributed by atoms with Gasteiger partial charge in [0, 0.05) is 16.0 Å². The number of thioether (sulfide) groups is 1. The van der Waals surface area contributed by atoms with E-state index in [0.717, 1.165) is 11.3 Å². The maximum atomic E-state index is 11.9. The van der Waals surface area contributed by atoms with Crippen molar-refractivity contribution in [3.8, 4) is 11.3 Å². The predicted molar refractivity (Wildman–Crippen MR) is 96.2 cm³/mol. The lowest BCUT2D eigenvalue weighted by Crippen LogP contribution is -2.13. The average Bonchev–Trinajstić information content (AvgIpc) is 3.15. The Hall–Kier alpha value is -1.68. The lowest BCUT2D eigenvalue weighted by atomic mass is 10.2. The summed E-state index contributed by atoms with van der Waals surface area (Å²) in [5, 5.41) is 13.8. The molecule has 1 amide bonds. The second-order valence-corrected chi connectivity index (χ2v) is 7.81. The third kappa shape index (κ3) is 4.41. The molecule has 0 aliphatic carbocycles. The molecule has 0 saturated carbocycles. The van der Waals surface area contributed by atoms with Crippen LogP contribution in [-0.2, 0) is 4.79 Å². The molecule has 10 heteroatoms. The van der Waals surface area contributed by atoms with Crippen molar-refractivity contribution in [1.82, 2.24) is 15.2 Å². The summed E-state index contributed by atoms with van der Waals surface area (Å²) in [4.78, 5) is 16.3. The first-order valence-corrected chi connectivity index (χ1v) is 9.39. The molecule has 0 atom stereocenters. The van der Waals surface area contributed by atoms with Crippen molar-refractivity contribution < 1.29 is 4.79 Å². The van der Waals surface area contributed by atoms with Crippen LogP contribution in [0.4, 0.5) is 10.3 Å². The Morgan fingerprint density at radius 2 is 2.09 bits per heavy atom. The van der Waals surface area contributed by atoms with Crippen LogP contribution in [0.2, 0.25) is 5.02 Å². The van der Waals surface area contributed by atoms with Crippen LogP contribution in [0, 0.1) is 0 Å². The van der Waals surface area contributed by atoms with Gasteiger partial charge in [0.2, 0.25) is 11.0 Å². The number of amides is 1. The quantitative estimate of drug-likeness (QED) is 0.653. The normalized spacial score (nSPS) is 10.7. The molecule has 0 aliphatic heterocycles. The molecule has 2 heterocycles. The number of halogens is 1. The molecule has 0 radical (unpaired) electrons. The van der Waals surface area contributed by atoms with Gasteiger partial charge in [0.05, 0.1) is 11.4 Å². The van der Waals surface area contributed by atoms with Gasteiger partial charge in [-0.1, -0.05) is 46.8 Å². The lowest BCUT2D eigenvalue weighted by Gasteiger charge is -1.99. The second kappa shape index (κ2) is 7.26. The van der Waals surface area contributed by atoms with E-state index in [9.17, 15) is 4.79 Å². The van der Waals surface area contributed by atoms with E-state index in [2.05, 4.69) is 20.5 Å². The minimum atomic E-state index is -0.152. The summed E-state index contributed by atoms with van der Waals surface area (Å²) in [5.74, 6) is 0.0746. The number of benzene rings is 1. The van der Waals surface area contributed by atoms with Gasteiger partial charge < -0.3 is 11.1 Å². The SMILES string of the molecule is Nc1nnc(SCC(=O)Nc2nc(-c3ccc(Cl)cc3)cs2)s1. The Bertz CT molecular complexity index is 817. The maximum absolute atomic E-state index is 11.9. The lowest BCUT2D eigenvalue weighted by molar-refractivity contribution is -0.113. The number of carbonyl (C=O) groups is 1. The number of aromatic nitrogens is 3. The maximum Gasteiger partial charge on any atom is 0.236 e. The molecular weight excluding hydrogens is 374 g/mol. The molecule has 1 aromatic carbocycles. The molecule has 3 N–H and O–H groups in total. The summed E-state index contributed by atoms with van der Waals surface area (Å²) in [5.41, 5.74) is 7.24. The molecule has 118 valence electrons. The van der Waals surface area contributed by atoms with Crippen LogP contribution in [0.15, 0.2) is 34.0 Å². The van der Waals surface area contributed by atoms with Crippen molar-refractivity contribution in [2.75, 3.05) is 16.8 Å². The second-order valence-electron chi connectivity index (χ2n) is 4.29. The monoisotopic (exact) mass is 383 g/mol. The fraction of sp³-hybridized carbons (Fsp3) is 0.0769. The number of nitrogens with one attached hydrogen (secondary N) is 1. The Morgan fingerprint density at radius 3 is 2.78 bits per heavy atom. The zero-order valence-electron chi connectivity index (χ0n) is 11.5. The first-order chi connectivity index (χ1) is 11.1. The minimum absolute atomic E-state index is 0.152. The van der Waals surface area contributed by atoms with Crippen LogP contribution < -0.4 is 11.1 Å². The van der Waals surface area contributed by atoms with Gasteiger partial charge in [0.25, 0.3) is 0 Å². The van der Waals surface area contributed by atoms with E-state index in [-0.39, 0.29) is 11.7 Å². The van der Waals surface area contributed by atoms with Crippen molar-refractivity contribution in [1.29, 1.82) is 0 Å². The van der Waals surface area contributed by atoms with Gasteiger partial charge in [-0.3, -0.25) is 4.79 Å². The molecule has 0 unspecified atom stereocenters. The van der Waals surface area contributed by atoms with Crippen LogP contribution in [-0.4, -0.2) is 26.8 Å². The van der Waals surface area contributed by atoms with Gasteiger partial charge in [-0.15, -0.1) is 21.5 Å². The van der Waals surface area contributed by atoms with Gasteiger partial charge in [0.15, 0.2) is 9.47 Å². The average molecular weight is 384 g/mol. The van der Waals surface area contributed by atoms with E-state index < -0.39 is 0 Å². The Balaban J connectivity index is 1.58. The van der Waals surface area contributed by atoms with E-state index in [0.29, 0.717) is 19.6 Å². The van der Waals surface area contributed by atoms with Gasteiger partial charge >= 0.3 is 0 Å². The van der Waals surface area contributed by atoms with E-state index in [4.69, 9.17) is 17.3 Å². The van der Waals surface area contributed by atoms with Crippen molar-refractivity contribution in [2.24, 2.45) is 0 Å². The van der Waals surface area contributed by atoms with E-state index in [1.54, 1.807) is 12.1 Å². The summed E-state index contributed by atoms with van der Waals surface area (Å²) in [6, 6.07) is 7.38. The molecular formula is C13H10ClN5OS3. The molecule has 3 aromatic rings. The van der Waals surface area contributed by atoms with Crippen molar-refractivity contribution in [2.45, 2.75) is 4.34 Å². The number of rotatable bonds is 5. The third-order valence-electron chi connectivity index (χ3n) is 2.64. The molecule has 23 heavy (non-hydrogen) atoms. The highest BCUT2D eigenvalue weighted by molar-refractivity contribution is 8.01. The molecule has 0 fully saturated rings. The zero-order valence-corrected chi connectivity index (χ0v) is 14.7. The van der Waals surface area contributed by atoms with Crippen molar-refractivity contribution in [3.05, 3.63) is 34.7 Å². The summed E-state index contributed by atoms with van der Waals surface area (Å²) < 4.78 is 0.665. The highest BCUT2D eigenvalue weighted by Gasteiger charge is 2.10. The molecule has 0 aliphatic rings. The number of carbonyl (C=O) groups excluding carboxylic acids is 1. The number of nitrogen functional groups attached to an aromatic ring is 1. The van der Waals surface area contributed by atoms with Crippen molar-refractivity contribution >= 4 is 62.2 Å². The van der Waals surface area contributed by atoms with Crippen LogP contribution in [0.5, 0.6) is 0 Å². The van der Waals surface area contributed by atoms with Gasteiger partial charge in [-0.25, -0.2) is 4.98 Å². The Labute approximate surface area is 149 Å². The van der Waals surface area contributed by atoms with E-state index in [1.165, 1.54) is 34.4 Å². The topological polar surface area (TPSA) is 93.8 Å². The zero-order chi connectivity index (χ0) is 16.2. The van der Waals surface area contributed by atoms with Crippen LogP contribution in [0.25, 0.3) is 11.3 Å². The predicted octanol–water partition coefficient (Wildman–Crippen LogP) is 3.63. The molecule has 0 bridgehead atoms. The highest BCUT2D eigenvalue weighted by Crippen LogP contribution is 2.27. The minimum Gasteiger partial charge on any atom is -0.374 e. The van der Waals surface area contributed by atoms with Crippen LogP contribution in [0.3, 0.4) is 0 Å². The molecule has 0 saturated heterocycles. The number of thiazole rings is 1. The molecule has 2 aromatic heterocycles. The fourth-order valence-electron chi connectivity index (χ4n) is 1.65.